The third-order valence-corrected chi connectivity index (χ3v) is 5.23. The van der Waals surface area contributed by atoms with E-state index < -0.39 is 0 Å². The van der Waals surface area contributed by atoms with Gasteiger partial charge in [0.15, 0.2) is 5.43 Å². The number of amides is 1. The molecule has 0 bridgehead atoms. The second-order valence-electron chi connectivity index (χ2n) is 6.86. The zero-order chi connectivity index (χ0) is 18.7. The maximum Gasteiger partial charge on any atom is 0.268 e. The largest absolute Gasteiger partial charge is 0.381 e. The van der Waals surface area contributed by atoms with E-state index in [4.69, 9.17) is 4.74 Å². The van der Waals surface area contributed by atoms with E-state index in [1.165, 1.54) is 24.3 Å². The molecule has 1 aliphatic rings. The van der Waals surface area contributed by atoms with E-state index >= 15 is 0 Å². The van der Waals surface area contributed by atoms with Crippen LogP contribution in [-0.4, -0.2) is 30.2 Å². The topological polar surface area (TPSA) is 60.3 Å². The molecule has 1 aliphatic heterocycles. The van der Waals surface area contributed by atoms with Gasteiger partial charge in [0.25, 0.3) is 5.91 Å². The van der Waals surface area contributed by atoms with E-state index in [1.807, 2.05) is 6.07 Å². The number of ether oxygens (including phenoxy) is 1. The number of rotatable bonds is 4. The van der Waals surface area contributed by atoms with E-state index in [0.29, 0.717) is 44.0 Å². The second-order valence-corrected chi connectivity index (χ2v) is 6.86. The fourth-order valence-corrected chi connectivity index (χ4v) is 3.47. The first-order chi connectivity index (χ1) is 12.4. The highest BCUT2D eigenvalue weighted by Gasteiger charge is 2.35. The predicted molar refractivity (Wildman–Crippen MR) is 96.9 cm³/mol. The Kier molecular flexibility index (Phi) is 5.23. The fraction of sp³-hybridized carbons (Fsp3) is 0.400. The van der Waals surface area contributed by atoms with Crippen molar-refractivity contribution in [2.24, 2.45) is 7.05 Å². The number of halogens is 1. The van der Waals surface area contributed by atoms with Crippen LogP contribution in [0, 0.1) is 12.7 Å². The van der Waals surface area contributed by atoms with Gasteiger partial charge in [0.1, 0.15) is 11.5 Å². The minimum atomic E-state index is -0.376. The van der Waals surface area contributed by atoms with Crippen LogP contribution in [-0.2, 0) is 17.2 Å². The molecule has 1 fully saturated rings. The number of nitrogens with zero attached hydrogens (tertiary/aromatic N) is 1. The van der Waals surface area contributed by atoms with Crippen LogP contribution >= 0.6 is 0 Å². The predicted octanol–water partition coefficient (Wildman–Crippen LogP) is 2.31. The zero-order valence-corrected chi connectivity index (χ0v) is 15.0. The molecule has 5 nitrogen and oxygen atoms in total. The number of hydrogen-bond donors (Lipinski definition) is 1. The summed E-state index contributed by atoms with van der Waals surface area (Å²) in [5.41, 5.74) is 1.32. The van der Waals surface area contributed by atoms with E-state index in [2.05, 4.69) is 5.32 Å². The molecule has 0 saturated carbocycles. The first kappa shape index (κ1) is 18.3. The van der Waals surface area contributed by atoms with Crippen molar-refractivity contribution in [2.75, 3.05) is 19.8 Å². The van der Waals surface area contributed by atoms with Crippen molar-refractivity contribution in [3.05, 3.63) is 69.4 Å². The average Bonchev–Trinajstić information content (AvgIpc) is 2.63. The summed E-state index contributed by atoms with van der Waals surface area (Å²) in [6.07, 6.45) is 1.40. The minimum absolute atomic E-state index is 0.198. The van der Waals surface area contributed by atoms with Crippen molar-refractivity contribution in [3.63, 3.8) is 0 Å². The van der Waals surface area contributed by atoms with Gasteiger partial charge in [0.2, 0.25) is 0 Å². The third-order valence-electron chi connectivity index (χ3n) is 5.23. The minimum Gasteiger partial charge on any atom is -0.381 e. The van der Waals surface area contributed by atoms with Gasteiger partial charge in [-0.2, -0.15) is 0 Å². The molecule has 1 N–H and O–H groups in total. The van der Waals surface area contributed by atoms with Crippen molar-refractivity contribution in [1.29, 1.82) is 0 Å². The molecule has 26 heavy (non-hydrogen) atoms. The van der Waals surface area contributed by atoms with Gasteiger partial charge in [-0.25, -0.2) is 4.39 Å². The third kappa shape index (κ3) is 3.70. The molecule has 2 aromatic rings. The lowest BCUT2D eigenvalue weighted by Gasteiger charge is -2.38. The van der Waals surface area contributed by atoms with Crippen LogP contribution in [0.2, 0.25) is 0 Å². The molecule has 6 heteroatoms. The maximum absolute atomic E-state index is 13.7. The summed E-state index contributed by atoms with van der Waals surface area (Å²) in [6.45, 7) is 3.27. The van der Waals surface area contributed by atoms with Crippen LogP contribution < -0.4 is 10.7 Å². The zero-order valence-electron chi connectivity index (χ0n) is 15.0. The summed E-state index contributed by atoms with van der Waals surface area (Å²) in [4.78, 5) is 24.4. The first-order valence-electron chi connectivity index (χ1n) is 8.71. The molecule has 0 atom stereocenters. The van der Waals surface area contributed by atoms with Crippen molar-refractivity contribution < 1.29 is 13.9 Å². The Morgan fingerprint density at radius 3 is 2.69 bits per heavy atom. The van der Waals surface area contributed by atoms with Gasteiger partial charge in [0, 0.05) is 50.0 Å². The number of carbonyl (C=O) groups is 1. The highest BCUT2D eigenvalue weighted by atomic mass is 19.1. The summed E-state index contributed by atoms with van der Waals surface area (Å²) in [6, 6.07) is 9.35. The summed E-state index contributed by atoms with van der Waals surface area (Å²) in [7, 11) is 1.75. The molecule has 2 heterocycles. The lowest BCUT2D eigenvalue weighted by Crippen LogP contribution is -2.45. The lowest BCUT2D eigenvalue weighted by atomic mass is 9.74. The monoisotopic (exact) mass is 358 g/mol. The van der Waals surface area contributed by atoms with Crippen LogP contribution in [0.4, 0.5) is 4.39 Å². The Bertz CT molecular complexity index is 870. The average molecular weight is 358 g/mol. The maximum atomic E-state index is 13.7. The summed E-state index contributed by atoms with van der Waals surface area (Å²) < 4.78 is 20.9. The van der Waals surface area contributed by atoms with Crippen LogP contribution in [0.25, 0.3) is 0 Å². The number of aromatic nitrogens is 1. The van der Waals surface area contributed by atoms with Gasteiger partial charge in [-0.3, -0.25) is 9.59 Å². The van der Waals surface area contributed by atoms with Crippen molar-refractivity contribution in [3.8, 4) is 0 Å². The first-order valence-corrected chi connectivity index (χ1v) is 8.71. The normalized spacial score (nSPS) is 16.3. The highest BCUT2D eigenvalue weighted by molar-refractivity contribution is 5.92. The Morgan fingerprint density at radius 1 is 1.27 bits per heavy atom. The van der Waals surface area contributed by atoms with Gasteiger partial charge in [0.05, 0.1) is 0 Å². The van der Waals surface area contributed by atoms with E-state index in [1.54, 1.807) is 24.6 Å². The van der Waals surface area contributed by atoms with Crippen LogP contribution in [0.15, 0.2) is 41.2 Å². The Hall–Kier alpha value is -2.47. The standard InChI is InChI=1S/C20H23FN2O3/c1-14-10-17(24)12-18(23(14)2)19(25)22-13-20(6-8-26-9-7-20)15-4-3-5-16(21)11-15/h3-5,10-12H,6-9,13H2,1-2H3,(H,22,25). The highest BCUT2D eigenvalue weighted by Crippen LogP contribution is 2.34. The Morgan fingerprint density at radius 2 is 2.00 bits per heavy atom. The van der Waals surface area contributed by atoms with Gasteiger partial charge >= 0.3 is 0 Å². The molecule has 0 aliphatic carbocycles. The molecule has 0 radical (unpaired) electrons. The molecule has 0 unspecified atom stereocenters. The number of pyridine rings is 1. The summed E-state index contributed by atoms with van der Waals surface area (Å²) in [5.74, 6) is -0.601. The molecule has 1 saturated heterocycles. The van der Waals surface area contributed by atoms with E-state index in [0.717, 1.165) is 5.56 Å². The number of hydrogen-bond acceptors (Lipinski definition) is 3. The van der Waals surface area contributed by atoms with Gasteiger partial charge in [-0.1, -0.05) is 12.1 Å². The second kappa shape index (κ2) is 7.41. The Labute approximate surface area is 151 Å². The molecule has 1 aromatic heterocycles. The van der Waals surface area contributed by atoms with E-state index in [9.17, 15) is 14.0 Å². The van der Waals surface area contributed by atoms with E-state index in [-0.39, 0.29) is 22.6 Å². The summed E-state index contributed by atoms with van der Waals surface area (Å²) >= 11 is 0. The SMILES string of the molecule is Cc1cc(=O)cc(C(=O)NCC2(c3cccc(F)c3)CCOCC2)n1C. The molecular formula is C20H23FN2O3. The fourth-order valence-electron chi connectivity index (χ4n) is 3.47. The quantitative estimate of drug-likeness (QED) is 0.912. The number of aryl methyl sites for hydroxylation is 1. The summed E-state index contributed by atoms with van der Waals surface area (Å²) in [5, 5.41) is 2.95. The molecule has 0 spiro atoms. The smallest absolute Gasteiger partial charge is 0.268 e. The van der Waals surface area contributed by atoms with Crippen molar-refractivity contribution in [2.45, 2.75) is 25.2 Å². The van der Waals surface area contributed by atoms with Gasteiger partial charge in [-0.15, -0.1) is 0 Å². The van der Waals surface area contributed by atoms with Crippen LogP contribution in [0.1, 0.15) is 34.6 Å². The number of benzene rings is 1. The molecular weight excluding hydrogens is 335 g/mol. The number of carbonyl (C=O) groups excluding carboxylic acids is 1. The van der Waals surface area contributed by atoms with Crippen molar-refractivity contribution >= 4 is 5.91 Å². The molecule has 3 rings (SSSR count). The van der Waals surface area contributed by atoms with Crippen LogP contribution in [0.3, 0.4) is 0 Å². The Balaban J connectivity index is 1.85. The number of nitrogens with one attached hydrogen (secondary N) is 1. The van der Waals surface area contributed by atoms with Crippen molar-refractivity contribution in [1.82, 2.24) is 9.88 Å². The van der Waals surface area contributed by atoms with Gasteiger partial charge in [-0.05, 0) is 37.5 Å². The lowest BCUT2D eigenvalue weighted by molar-refractivity contribution is 0.0485. The molecule has 1 aromatic carbocycles. The molecule has 138 valence electrons. The molecule has 1 amide bonds. The van der Waals surface area contributed by atoms with Crippen LogP contribution in [0.5, 0.6) is 0 Å². The van der Waals surface area contributed by atoms with Gasteiger partial charge < -0.3 is 14.6 Å².